The minimum Gasteiger partial charge on any atom is -0.348 e. The molecule has 1 fully saturated rings. The first kappa shape index (κ1) is 17.6. The van der Waals surface area contributed by atoms with E-state index in [1.54, 1.807) is 12.1 Å². The fourth-order valence-corrected chi connectivity index (χ4v) is 2.91. The van der Waals surface area contributed by atoms with Gasteiger partial charge in [-0.25, -0.2) is 4.79 Å². The summed E-state index contributed by atoms with van der Waals surface area (Å²) in [5.41, 5.74) is 6.41. The fraction of sp³-hybridized carbons (Fsp3) is 0.500. The third-order valence-electron chi connectivity index (χ3n) is 4.13. The highest BCUT2D eigenvalue weighted by Gasteiger charge is 2.33. The molecule has 0 atom stereocenters. The Kier molecular flexibility index (Phi) is 6.24. The Balaban J connectivity index is 1.69. The van der Waals surface area contributed by atoms with Crippen LogP contribution in [-0.4, -0.2) is 30.6 Å². The van der Waals surface area contributed by atoms with Crippen molar-refractivity contribution in [2.75, 3.05) is 13.1 Å². The Bertz CT molecular complexity index is 542. The molecule has 1 aliphatic carbocycles. The number of amides is 3. The number of rotatable bonds is 6. The second-order valence-corrected chi connectivity index (χ2v) is 6.34. The van der Waals surface area contributed by atoms with Crippen LogP contribution in [0.5, 0.6) is 0 Å². The van der Waals surface area contributed by atoms with Gasteiger partial charge in [0.15, 0.2) is 0 Å². The van der Waals surface area contributed by atoms with E-state index in [4.69, 9.17) is 17.3 Å². The summed E-state index contributed by atoms with van der Waals surface area (Å²) in [6.07, 6.45) is 3.95. The number of nitrogens with two attached hydrogens (primary N) is 1. The Hall–Kier alpha value is -1.79. The van der Waals surface area contributed by atoms with Gasteiger partial charge < -0.3 is 21.7 Å². The van der Waals surface area contributed by atoms with Crippen LogP contribution in [0.2, 0.25) is 5.02 Å². The monoisotopic (exact) mass is 338 g/mol. The van der Waals surface area contributed by atoms with E-state index in [0.29, 0.717) is 18.1 Å². The molecule has 23 heavy (non-hydrogen) atoms. The Morgan fingerprint density at radius 1 is 1.13 bits per heavy atom. The quantitative estimate of drug-likeness (QED) is 0.633. The largest absolute Gasteiger partial charge is 0.348 e. The minimum atomic E-state index is -0.386. The molecule has 0 bridgehead atoms. The number of nitrogens with one attached hydrogen (secondary N) is 3. The molecule has 1 aromatic rings. The molecule has 0 saturated heterocycles. The van der Waals surface area contributed by atoms with Crippen LogP contribution in [0.25, 0.3) is 0 Å². The second kappa shape index (κ2) is 8.17. The summed E-state index contributed by atoms with van der Waals surface area (Å²) in [6.45, 7) is 0.743. The lowest BCUT2D eigenvalue weighted by molar-refractivity contribution is -0.121. The van der Waals surface area contributed by atoms with Crippen LogP contribution in [-0.2, 0) is 11.3 Å². The molecule has 0 radical (unpaired) electrons. The molecular weight excluding hydrogens is 316 g/mol. The first-order valence-corrected chi connectivity index (χ1v) is 8.18. The predicted molar refractivity (Wildman–Crippen MR) is 90.1 cm³/mol. The van der Waals surface area contributed by atoms with E-state index >= 15 is 0 Å². The zero-order chi connectivity index (χ0) is 16.7. The Morgan fingerprint density at radius 2 is 1.78 bits per heavy atom. The lowest BCUT2D eigenvalue weighted by Gasteiger charge is -2.28. The molecule has 1 aromatic carbocycles. The van der Waals surface area contributed by atoms with Gasteiger partial charge in [0.2, 0.25) is 5.91 Å². The molecule has 5 N–H and O–H groups in total. The van der Waals surface area contributed by atoms with Crippen LogP contribution >= 0.6 is 11.6 Å². The molecule has 7 heteroatoms. The summed E-state index contributed by atoms with van der Waals surface area (Å²) < 4.78 is 0. The molecule has 0 aliphatic heterocycles. The number of urea groups is 1. The van der Waals surface area contributed by atoms with Crippen LogP contribution in [0.15, 0.2) is 24.3 Å². The summed E-state index contributed by atoms with van der Waals surface area (Å²) in [6, 6.07) is 6.81. The van der Waals surface area contributed by atoms with Crippen molar-refractivity contribution in [3.05, 3.63) is 34.9 Å². The molecule has 6 nitrogen and oxygen atoms in total. The van der Waals surface area contributed by atoms with E-state index in [1.165, 1.54) is 0 Å². The molecule has 0 aromatic heterocycles. The van der Waals surface area contributed by atoms with Gasteiger partial charge in [-0.15, -0.1) is 0 Å². The first-order valence-electron chi connectivity index (χ1n) is 7.80. The van der Waals surface area contributed by atoms with Crippen molar-refractivity contribution in [2.24, 2.45) is 5.73 Å². The van der Waals surface area contributed by atoms with E-state index < -0.39 is 0 Å². The van der Waals surface area contributed by atoms with Crippen molar-refractivity contribution in [3.63, 3.8) is 0 Å². The first-order chi connectivity index (χ1) is 11.0. The third kappa shape index (κ3) is 5.41. The highest BCUT2D eigenvalue weighted by molar-refractivity contribution is 6.30. The van der Waals surface area contributed by atoms with Crippen LogP contribution in [0.3, 0.4) is 0 Å². The van der Waals surface area contributed by atoms with Gasteiger partial charge in [-0.3, -0.25) is 4.79 Å². The van der Waals surface area contributed by atoms with E-state index in [-0.39, 0.29) is 24.0 Å². The third-order valence-corrected chi connectivity index (χ3v) is 4.38. The number of benzene rings is 1. The Morgan fingerprint density at radius 3 is 2.39 bits per heavy atom. The Labute approximate surface area is 141 Å². The van der Waals surface area contributed by atoms with Gasteiger partial charge in [0.25, 0.3) is 0 Å². The van der Waals surface area contributed by atoms with E-state index in [9.17, 15) is 9.59 Å². The van der Waals surface area contributed by atoms with Crippen molar-refractivity contribution in [1.29, 1.82) is 0 Å². The zero-order valence-corrected chi connectivity index (χ0v) is 13.8. The molecule has 126 valence electrons. The lowest BCUT2D eigenvalue weighted by Crippen LogP contribution is -2.54. The smallest absolute Gasteiger partial charge is 0.315 e. The number of hydrogen-bond donors (Lipinski definition) is 4. The highest BCUT2D eigenvalue weighted by atomic mass is 35.5. The summed E-state index contributed by atoms with van der Waals surface area (Å²) in [4.78, 5) is 23.7. The van der Waals surface area contributed by atoms with Gasteiger partial charge in [-0.1, -0.05) is 36.6 Å². The maximum Gasteiger partial charge on any atom is 0.315 e. The van der Waals surface area contributed by atoms with Crippen LogP contribution in [0.4, 0.5) is 4.79 Å². The fourth-order valence-electron chi connectivity index (χ4n) is 2.78. The second-order valence-electron chi connectivity index (χ2n) is 5.90. The SMILES string of the molecule is NCC1(NC(=O)CNC(=O)NCc2ccc(Cl)cc2)CCCC1. The van der Waals surface area contributed by atoms with Gasteiger partial charge in [-0.2, -0.15) is 0 Å². The maximum absolute atomic E-state index is 12.0. The number of halogens is 1. The molecule has 0 heterocycles. The molecule has 0 unspecified atom stereocenters. The predicted octanol–water partition coefficient (Wildman–Crippen LogP) is 1.53. The molecule has 0 spiro atoms. The summed E-state index contributed by atoms with van der Waals surface area (Å²) in [7, 11) is 0. The summed E-state index contributed by atoms with van der Waals surface area (Å²) in [5.74, 6) is -0.209. The number of carbonyl (C=O) groups is 2. The topological polar surface area (TPSA) is 96.2 Å². The maximum atomic E-state index is 12.0. The van der Waals surface area contributed by atoms with Crippen molar-refractivity contribution in [3.8, 4) is 0 Å². The van der Waals surface area contributed by atoms with E-state index in [0.717, 1.165) is 31.2 Å². The average molecular weight is 339 g/mol. The zero-order valence-electron chi connectivity index (χ0n) is 13.0. The van der Waals surface area contributed by atoms with Gasteiger partial charge in [0.1, 0.15) is 0 Å². The van der Waals surface area contributed by atoms with Crippen LogP contribution in [0.1, 0.15) is 31.2 Å². The molecule has 3 amide bonds. The standard InChI is InChI=1S/C16H23ClN4O2/c17-13-5-3-12(4-6-13)9-19-15(23)20-10-14(22)21-16(11-18)7-1-2-8-16/h3-6H,1-2,7-11,18H2,(H,21,22)(H2,19,20,23). The van der Waals surface area contributed by atoms with Crippen molar-refractivity contribution in [1.82, 2.24) is 16.0 Å². The van der Waals surface area contributed by atoms with Gasteiger partial charge in [0, 0.05) is 18.1 Å². The lowest BCUT2D eigenvalue weighted by atomic mass is 9.98. The number of carbonyl (C=O) groups excluding carboxylic acids is 2. The summed E-state index contributed by atoms with van der Waals surface area (Å²) in [5, 5.41) is 8.85. The van der Waals surface area contributed by atoms with Gasteiger partial charge in [-0.05, 0) is 30.5 Å². The van der Waals surface area contributed by atoms with Crippen molar-refractivity contribution < 1.29 is 9.59 Å². The number of hydrogen-bond acceptors (Lipinski definition) is 3. The van der Waals surface area contributed by atoms with E-state index in [1.807, 2.05) is 12.1 Å². The van der Waals surface area contributed by atoms with Gasteiger partial charge in [0.05, 0.1) is 12.1 Å². The molecule has 1 saturated carbocycles. The minimum absolute atomic E-state index is 0.0613. The molecule has 1 aliphatic rings. The van der Waals surface area contributed by atoms with Crippen LogP contribution in [0, 0.1) is 0 Å². The van der Waals surface area contributed by atoms with E-state index in [2.05, 4.69) is 16.0 Å². The van der Waals surface area contributed by atoms with Gasteiger partial charge >= 0.3 is 6.03 Å². The molecule has 2 rings (SSSR count). The normalized spacial score (nSPS) is 15.9. The van der Waals surface area contributed by atoms with Crippen LogP contribution < -0.4 is 21.7 Å². The molecular formula is C16H23ClN4O2. The van der Waals surface area contributed by atoms with Crippen molar-refractivity contribution >= 4 is 23.5 Å². The summed E-state index contributed by atoms with van der Waals surface area (Å²) >= 11 is 5.80. The average Bonchev–Trinajstić information content (AvgIpc) is 3.01. The highest BCUT2D eigenvalue weighted by Crippen LogP contribution is 2.28. The van der Waals surface area contributed by atoms with Crippen molar-refractivity contribution in [2.45, 2.75) is 37.8 Å².